The molecule has 0 aliphatic heterocycles. The maximum Gasteiger partial charge on any atom is 0.243 e. The third kappa shape index (κ3) is 4.04. The third-order valence-corrected chi connectivity index (χ3v) is 6.53. The summed E-state index contributed by atoms with van der Waals surface area (Å²) in [6.45, 7) is 10.1. The Bertz CT molecular complexity index is 854. The van der Waals surface area contributed by atoms with Crippen molar-refractivity contribution in [1.82, 2.24) is 24.2 Å². The first-order chi connectivity index (χ1) is 12.4. The second-order valence-corrected chi connectivity index (χ2v) is 7.81. The molecule has 0 fully saturated rings. The van der Waals surface area contributed by atoms with Gasteiger partial charge in [-0.3, -0.25) is 4.79 Å². The monoisotopic (exact) mass is 381 g/mol. The molecule has 1 amide bonds. The van der Waals surface area contributed by atoms with Crippen molar-refractivity contribution in [2.75, 3.05) is 26.2 Å². The van der Waals surface area contributed by atoms with Crippen molar-refractivity contribution >= 4 is 27.0 Å². The van der Waals surface area contributed by atoms with Crippen LogP contribution in [0.1, 0.15) is 34.1 Å². The third-order valence-electron chi connectivity index (χ3n) is 4.48. The Morgan fingerprint density at radius 1 is 1.08 bits per heavy atom. The number of benzene rings is 1. The average Bonchev–Trinajstić information content (AvgIpc) is 3.04. The number of aryl methyl sites for hydroxylation is 1. The van der Waals surface area contributed by atoms with Crippen LogP contribution in [0.3, 0.4) is 0 Å². The molecule has 1 aromatic carbocycles. The highest BCUT2D eigenvalue weighted by molar-refractivity contribution is 7.89. The normalized spacial score (nSPS) is 12.0. The van der Waals surface area contributed by atoms with Gasteiger partial charge < -0.3 is 4.90 Å². The molecule has 2 aromatic rings. The summed E-state index contributed by atoms with van der Waals surface area (Å²) in [4.78, 5) is 14.1. The van der Waals surface area contributed by atoms with Gasteiger partial charge >= 0.3 is 0 Å². The van der Waals surface area contributed by atoms with Crippen molar-refractivity contribution in [2.24, 2.45) is 0 Å². The predicted octanol–water partition coefficient (Wildman–Crippen LogP) is 1.72. The summed E-state index contributed by atoms with van der Waals surface area (Å²) < 4.78 is 28.3. The number of hydrogen-bond donors (Lipinski definition) is 0. The minimum absolute atomic E-state index is 0.0689. The standard InChI is InChI=1S/C17H27N5O3S/c1-5-20(6-2)17(23)11-12-22-16-10-9-14(13-15(16)18-19-22)26(24,25)21(7-3)8-4/h9-10,13H,5-8,11-12H2,1-4H3. The number of aromatic nitrogens is 3. The molecule has 9 heteroatoms. The Morgan fingerprint density at radius 2 is 1.73 bits per heavy atom. The fraction of sp³-hybridized carbons (Fsp3) is 0.588. The van der Waals surface area contributed by atoms with Gasteiger partial charge in [0, 0.05) is 32.6 Å². The minimum Gasteiger partial charge on any atom is -0.343 e. The quantitative estimate of drug-likeness (QED) is 0.660. The van der Waals surface area contributed by atoms with E-state index >= 15 is 0 Å². The largest absolute Gasteiger partial charge is 0.343 e. The van der Waals surface area contributed by atoms with Crippen molar-refractivity contribution in [3.8, 4) is 0 Å². The zero-order valence-corrected chi connectivity index (χ0v) is 16.7. The number of hydrogen-bond acceptors (Lipinski definition) is 5. The molecule has 0 unspecified atom stereocenters. The van der Waals surface area contributed by atoms with Gasteiger partial charge in [0.25, 0.3) is 0 Å². The van der Waals surface area contributed by atoms with E-state index in [2.05, 4.69) is 10.3 Å². The van der Waals surface area contributed by atoms with Gasteiger partial charge in [-0.25, -0.2) is 13.1 Å². The van der Waals surface area contributed by atoms with E-state index in [0.717, 1.165) is 5.52 Å². The van der Waals surface area contributed by atoms with Crippen molar-refractivity contribution in [3.63, 3.8) is 0 Å². The number of carbonyl (C=O) groups is 1. The predicted molar refractivity (Wildman–Crippen MR) is 100 cm³/mol. The highest BCUT2D eigenvalue weighted by Crippen LogP contribution is 2.20. The first kappa shape index (κ1) is 20.3. The molecular weight excluding hydrogens is 354 g/mol. The first-order valence-corrected chi connectivity index (χ1v) is 10.4. The summed E-state index contributed by atoms with van der Waals surface area (Å²) in [6.07, 6.45) is 0.333. The Balaban J connectivity index is 2.23. The van der Waals surface area contributed by atoms with Crippen molar-refractivity contribution in [3.05, 3.63) is 18.2 Å². The van der Waals surface area contributed by atoms with Gasteiger partial charge in [0.1, 0.15) is 5.52 Å². The van der Waals surface area contributed by atoms with Crippen molar-refractivity contribution in [1.29, 1.82) is 0 Å². The molecule has 0 saturated carbocycles. The molecule has 0 aliphatic rings. The second kappa shape index (κ2) is 8.59. The van der Waals surface area contributed by atoms with Gasteiger partial charge in [-0.2, -0.15) is 4.31 Å². The lowest BCUT2D eigenvalue weighted by Gasteiger charge is -2.18. The Kier molecular flexibility index (Phi) is 6.71. The maximum absolute atomic E-state index is 12.6. The van der Waals surface area contributed by atoms with Gasteiger partial charge in [-0.15, -0.1) is 5.10 Å². The average molecular weight is 382 g/mol. The zero-order valence-electron chi connectivity index (χ0n) is 15.8. The maximum atomic E-state index is 12.6. The van der Waals surface area contributed by atoms with E-state index in [9.17, 15) is 13.2 Å². The van der Waals surface area contributed by atoms with E-state index < -0.39 is 10.0 Å². The van der Waals surface area contributed by atoms with Gasteiger partial charge in [-0.05, 0) is 32.0 Å². The number of amides is 1. The van der Waals surface area contributed by atoms with Crippen LogP contribution in [0.2, 0.25) is 0 Å². The fourth-order valence-corrected chi connectivity index (χ4v) is 4.40. The summed E-state index contributed by atoms with van der Waals surface area (Å²) in [5.74, 6) is 0.0689. The SMILES string of the molecule is CCN(CC)C(=O)CCn1nnc2cc(S(=O)(=O)N(CC)CC)ccc21. The molecule has 0 aliphatic carbocycles. The van der Waals surface area contributed by atoms with Crippen LogP contribution < -0.4 is 0 Å². The van der Waals surface area contributed by atoms with Crippen molar-refractivity contribution < 1.29 is 13.2 Å². The lowest BCUT2D eigenvalue weighted by atomic mass is 10.3. The molecule has 0 bridgehead atoms. The number of carbonyl (C=O) groups excluding carboxylic acids is 1. The Labute approximate surface area is 154 Å². The molecule has 1 heterocycles. The van der Waals surface area contributed by atoms with Gasteiger partial charge in [0.2, 0.25) is 15.9 Å². The van der Waals surface area contributed by atoms with E-state index in [0.29, 0.717) is 44.7 Å². The number of nitrogens with zero attached hydrogens (tertiary/aromatic N) is 5. The lowest BCUT2D eigenvalue weighted by molar-refractivity contribution is -0.131. The van der Waals surface area contributed by atoms with E-state index in [1.54, 1.807) is 27.8 Å². The molecule has 8 nitrogen and oxygen atoms in total. The Hall–Kier alpha value is -2.00. The second-order valence-electron chi connectivity index (χ2n) is 5.87. The van der Waals surface area contributed by atoms with E-state index in [1.807, 2.05) is 27.7 Å². The molecule has 1 aromatic heterocycles. The molecule has 0 N–H and O–H groups in total. The van der Waals surface area contributed by atoms with Crippen LogP contribution in [0.15, 0.2) is 23.1 Å². The molecule has 0 atom stereocenters. The molecule has 26 heavy (non-hydrogen) atoms. The Morgan fingerprint density at radius 3 is 2.31 bits per heavy atom. The van der Waals surface area contributed by atoms with Crippen LogP contribution in [-0.4, -0.2) is 64.7 Å². The number of fused-ring (bicyclic) bond motifs is 1. The highest BCUT2D eigenvalue weighted by Gasteiger charge is 2.22. The van der Waals surface area contributed by atoms with Crippen LogP contribution >= 0.6 is 0 Å². The lowest BCUT2D eigenvalue weighted by Crippen LogP contribution is -2.31. The van der Waals surface area contributed by atoms with Crippen LogP contribution in [0.4, 0.5) is 0 Å². The molecule has 2 rings (SSSR count). The fourth-order valence-electron chi connectivity index (χ4n) is 2.93. The molecule has 0 radical (unpaired) electrons. The van der Waals surface area contributed by atoms with Crippen LogP contribution in [0.5, 0.6) is 0 Å². The van der Waals surface area contributed by atoms with E-state index in [4.69, 9.17) is 0 Å². The zero-order chi connectivity index (χ0) is 19.3. The summed E-state index contributed by atoms with van der Waals surface area (Å²) in [5.41, 5.74) is 1.23. The number of rotatable bonds is 9. The molecule has 0 spiro atoms. The van der Waals surface area contributed by atoms with Crippen LogP contribution in [-0.2, 0) is 21.4 Å². The van der Waals surface area contributed by atoms with Gasteiger partial charge in [-0.1, -0.05) is 19.1 Å². The number of sulfonamides is 1. The van der Waals surface area contributed by atoms with Gasteiger partial charge in [0.05, 0.1) is 17.0 Å². The first-order valence-electron chi connectivity index (χ1n) is 9.00. The van der Waals surface area contributed by atoms with Crippen LogP contribution in [0.25, 0.3) is 11.0 Å². The van der Waals surface area contributed by atoms with Crippen molar-refractivity contribution in [2.45, 2.75) is 45.6 Å². The smallest absolute Gasteiger partial charge is 0.243 e. The van der Waals surface area contributed by atoms with E-state index in [1.165, 1.54) is 4.31 Å². The summed E-state index contributed by atoms with van der Waals surface area (Å²) in [6, 6.07) is 4.81. The topological polar surface area (TPSA) is 88.4 Å². The minimum atomic E-state index is -3.53. The van der Waals surface area contributed by atoms with Crippen LogP contribution in [0, 0.1) is 0 Å². The highest BCUT2D eigenvalue weighted by atomic mass is 32.2. The molecule has 0 saturated heterocycles. The van der Waals surface area contributed by atoms with E-state index in [-0.39, 0.29) is 10.8 Å². The summed E-state index contributed by atoms with van der Waals surface area (Å²) in [7, 11) is -3.53. The summed E-state index contributed by atoms with van der Waals surface area (Å²) >= 11 is 0. The molecular formula is C17H27N5O3S. The summed E-state index contributed by atoms with van der Waals surface area (Å²) in [5, 5.41) is 8.15. The van der Waals surface area contributed by atoms with Gasteiger partial charge in [0.15, 0.2) is 0 Å². The molecule has 144 valence electrons.